The van der Waals surface area contributed by atoms with Crippen LogP contribution in [0.25, 0.3) is 0 Å². The van der Waals surface area contributed by atoms with Gasteiger partial charge in [-0.3, -0.25) is 14.4 Å². The molecule has 2 heterocycles. The minimum absolute atomic E-state index is 0.112. The summed E-state index contributed by atoms with van der Waals surface area (Å²) in [6, 6.07) is 0. The van der Waals surface area contributed by atoms with Crippen molar-refractivity contribution < 1.29 is 73.1 Å². The summed E-state index contributed by atoms with van der Waals surface area (Å²) < 4.78 is 38.3. The van der Waals surface area contributed by atoms with Crippen molar-refractivity contribution in [1.82, 2.24) is 0 Å². The third-order valence-corrected chi connectivity index (χ3v) is 8.83. The first kappa shape index (κ1) is 44.9. The van der Waals surface area contributed by atoms with Crippen LogP contribution in [0.15, 0.2) is 12.2 Å². The van der Waals surface area contributed by atoms with Gasteiger partial charge < -0.3 is 58.7 Å². The zero-order valence-electron chi connectivity index (χ0n) is 30.6. The van der Waals surface area contributed by atoms with E-state index in [-0.39, 0.29) is 18.7 Å². The number of rotatable bonds is 24. The normalized spacial score (nSPS) is 30.2. The highest BCUT2D eigenvalue weighted by Crippen LogP contribution is 2.31. The van der Waals surface area contributed by atoms with E-state index in [4.69, 9.17) is 33.2 Å². The Morgan fingerprint density at radius 1 is 0.647 bits per heavy atom. The maximum atomic E-state index is 11.4. The Bertz CT molecular complexity index is 1020. The topological polar surface area (TPSA) is 217 Å². The Balaban J connectivity index is 1.80. The predicted molar refractivity (Wildman–Crippen MR) is 182 cm³/mol. The fourth-order valence-electron chi connectivity index (χ4n) is 5.89. The number of ether oxygens (including phenoxy) is 7. The van der Waals surface area contributed by atoms with E-state index in [1.807, 2.05) is 13.8 Å². The molecule has 15 heteroatoms. The van der Waals surface area contributed by atoms with Crippen LogP contribution in [0.1, 0.15) is 111 Å². The molecule has 11 atom stereocenters. The minimum atomic E-state index is -1.77. The Hall–Kier alpha value is -2.21. The van der Waals surface area contributed by atoms with E-state index in [1.165, 1.54) is 6.92 Å². The minimum Gasteiger partial charge on any atom is -0.466 e. The standard InChI is InChI=1S/C36H62O15/c1-5-45-28(39)20-18-16-14-12-10-8-6-7-9-11-13-15-17-19-23(2)48-36-34(32(43)30(41)27(50-36)22-47-25(4)38)51-35-33(44)31(42)29(40)26(49-35)21-46-24(3)37/h6-7,23,26-27,29-36,40-44H,5,8-22H2,1-4H3/b7-6-/t23-,26-,27-,29-,30-,31+,32+,33-,34-,35+,36-/m1/s1. The zero-order chi connectivity index (χ0) is 37.8. The smallest absolute Gasteiger partial charge is 0.305 e. The van der Waals surface area contributed by atoms with Crippen LogP contribution < -0.4 is 0 Å². The van der Waals surface area contributed by atoms with E-state index >= 15 is 0 Å². The molecule has 51 heavy (non-hydrogen) atoms. The van der Waals surface area contributed by atoms with Gasteiger partial charge in [0.1, 0.15) is 62.0 Å². The summed E-state index contributed by atoms with van der Waals surface area (Å²) in [5, 5.41) is 53.2. The number of unbranched alkanes of at least 4 members (excludes halogenated alkanes) is 9. The maximum Gasteiger partial charge on any atom is 0.305 e. The first-order chi connectivity index (χ1) is 24.3. The Labute approximate surface area is 301 Å². The highest BCUT2D eigenvalue weighted by Gasteiger charge is 2.51. The van der Waals surface area contributed by atoms with E-state index in [0.717, 1.165) is 77.6 Å². The highest BCUT2D eigenvalue weighted by atomic mass is 16.8. The molecule has 0 saturated carbocycles. The lowest BCUT2D eigenvalue weighted by Crippen LogP contribution is -2.65. The molecule has 0 unspecified atom stereocenters. The van der Waals surface area contributed by atoms with E-state index in [1.54, 1.807) is 0 Å². The molecule has 0 aromatic rings. The third kappa shape index (κ3) is 17.0. The number of allylic oxidation sites excluding steroid dienone is 2. The second kappa shape index (κ2) is 24.9. The van der Waals surface area contributed by atoms with Crippen molar-refractivity contribution >= 4 is 17.9 Å². The van der Waals surface area contributed by atoms with Crippen LogP contribution in [0.5, 0.6) is 0 Å². The molecule has 0 amide bonds. The van der Waals surface area contributed by atoms with Gasteiger partial charge in [-0.05, 0) is 52.4 Å². The van der Waals surface area contributed by atoms with Crippen LogP contribution in [0.3, 0.4) is 0 Å². The van der Waals surface area contributed by atoms with Gasteiger partial charge in [-0.25, -0.2) is 0 Å². The first-order valence-electron chi connectivity index (χ1n) is 18.4. The van der Waals surface area contributed by atoms with Gasteiger partial charge >= 0.3 is 17.9 Å². The second-order valence-electron chi connectivity index (χ2n) is 13.3. The number of hydrogen-bond donors (Lipinski definition) is 5. The van der Waals surface area contributed by atoms with Crippen molar-refractivity contribution in [2.24, 2.45) is 0 Å². The van der Waals surface area contributed by atoms with Crippen LogP contribution in [-0.2, 0) is 47.5 Å². The molecule has 2 fully saturated rings. The van der Waals surface area contributed by atoms with Gasteiger partial charge in [0.25, 0.3) is 0 Å². The van der Waals surface area contributed by atoms with Gasteiger partial charge in [0, 0.05) is 20.3 Å². The molecule has 0 radical (unpaired) electrons. The molecule has 0 aromatic heterocycles. The quantitative estimate of drug-likeness (QED) is 0.0416. The molecule has 2 saturated heterocycles. The van der Waals surface area contributed by atoms with Crippen LogP contribution in [0, 0.1) is 0 Å². The number of carbonyl (C=O) groups excluding carboxylic acids is 3. The third-order valence-electron chi connectivity index (χ3n) is 8.83. The SMILES string of the molecule is CCOC(=O)CCCCCCC/C=C\CCCCCC[C@@H](C)O[C@@H]1O[C@H](COC(C)=O)[C@@H](O)[C@H](O)[C@H]1O[C@@H]1O[C@H](COC(C)=O)[C@@H](O)[C@H](O)[C@H]1O. The van der Waals surface area contributed by atoms with E-state index in [9.17, 15) is 39.9 Å². The van der Waals surface area contributed by atoms with E-state index < -0.39 is 80.0 Å². The fourth-order valence-corrected chi connectivity index (χ4v) is 5.89. The molecule has 0 aromatic carbocycles. The average molecular weight is 735 g/mol. The monoisotopic (exact) mass is 734 g/mol. The zero-order valence-corrected chi connectivity index (χ0v) is 30.6. The Kier molecular flexibility index (Phi) is 22.0. The first-order valence-corrected chi connectivity index (χ1v) is 18.4. The molecule has 0 spiro atoms. The van der Waals surface area contributed by atoms with Gasteiger partial charge in [0.15, 0.2) is 12.6 Å². The van der Waals surface area contributed by atoms with Gasteiger partial charge in [0.2, 0.25) is 0 Å². The fraction of sp³-hybridized carbons (Fsp3) is 0.861. The largest absolute Gasteiger partial charge is 0.466 e. The highest BCUT2D eigenvalue weighted by molar-refractivity contribution is 5.69. The number of esters is 3. The molecule has 2 aliphatic rings. The molecular weight excluding hydrogens is 672 g/mol. The van der Waals surface area contributed by atoms with Crippen molar-refractivity contribution in [3.8, 4) is 0 Å². The van der Waals surface area contributed by atoms with Crippen LogP contribution in [-0.4, -0.2) is 131 Å². The lowest BCUT2D eigenvalue weighted by molar-refractivity contribution is -0.371. The van der Waals surface area contributed by atoms with Crippen molar-refractivity contribution in [2.45, 2.75) is 179 Å². The van der Waals surface area contributed by atoms with Gasteiger partial charge in [-0.2, -0.15) is 0 Å². The summed E-state index contributed by atoms with van der Waals surface area (Å²) in [6.45, 7) is 5.63. The van der Waals surface area contributed by atoms with Gasteiger partial charge in [-0.15, -0.1) is 0 Å². The Morgan fingerprint density at radius 2 is 1.16 bits per heavy atom. The summed E-state index contributed by atoms with van der Waals surface area (Å²) >= 11 is 0. The molecule has 0 aliphatic carbocycles. The Morgan fingerprint density at radius 3 is 1.73 bits per heavy atom. The summed E-state index contributed by atoms with van der Waals surface area (Å²) in [4.78, 5) is 34.1. The number of aliphatic hydroxyl groups excluding tert-OH is 5. The number of aliphatic hydroxyl groups is 5. The lowest BCUT2D eigenvalue weighted by Gasteiger charge is -2.46. The van der Waals surface area contributed by atoms with Crippen molar-refractivity contribution in [3.63, 3.8) is 0 Å². The summed E-state index contributed by atoms with van der Waals surface area (Å²) in [6.07, 6.45) is 1.42. The lowest BCUT2D eigenvalue weighted by atomic mass is 9.97. The van der Waals surface area contributed by atoms with Gasteiger partial charge in [0.05, 0.1) is 12.7 Å². The van der Waals surface area contributed by atoms with E-state index in [2.05, 4.69) is 12.2 Å². The molecule has 2 aliphatic heterocycles. The van der Waals surface area contributed by atoms with E-state index in [0.29, 0.717) is 19.4 Å². The van der Waals surface area contributed by atoms with Crippen molar-refractivity contribution in [3.05, 3.63) is 12.2 Å². The second-order valence-corrected chi connectivity index (χ2v) is 13.3. The number of hydrogen-bond acceptors (Lipinski definition) is 15. The van der Waals surface area contributed by atoms with Crippen LogP contribution in [0.4, 0.5) is 0 Å². The number of carbonyl (C=O) groups is 3. The van der Waals surface area contributed by atoms with Crippen molar-refractivity contribution in [1.29, 1.82) is 0 Å². The average Bonchev–Trinajstić information content (AvgIpc) is 3.08. The molecule has 15 nitrogen and oxygen atoms in total. The summed E-state index contributed by atoms with van der Waals surface area (Å²) in [7, 11) is 0. The van der Waals surface area contributed by atoms with Crippen LogP contribution in [0.2, 0.25) is 0 Å². The molecular formula is C36H62O15. The van der Waals surface area contributed by atoms with Gasteiger partial charge in [-0.1, -0.05) is 50.7 Å². The predicted octanol–water partition coefficient (Wildman–Crippen LogP) is 2.35. The van der Waals surface area contributed by atoms with Crippen LogP contribution >= 0.6 is 0 Å². The molecule has 296 valence electrons. The summed E-state index contributed by atoms with van der Waals surface area (Å²) in [5.41, 5.74) is 0. The maximum absolute atomic E-state index is 11.4. The summed E-state index contributed by atoms with van der Waals surface area (Å²) in [5.74, 6) is -1.37. The molecule has 0 bridgehead atoms. The molecule has 5 N–H and O–H groups in total. The molecule has 2 rings (SSSR count). The van der Waals surface area contributed by atoms with Crippen molar-refractivity contribution in [2.75, 3.05) is 19.8 Å².